The van der Waals surface area contributed by atoms with Gasteiger partial charge in [0.15, 0.2) is 0 Å². The zero-order valence-electron chi connectivity index (χ0n) is 13.8. The molecule has 0 amide bonds. The van der Waals surface area contributed by atoms with Crippen molar-refractivity contribution >= 4 is 66.8 Å². The highest BCUT2D eigenvalue weighted by Gasteiger charge is 2.28. The van der Waals surface area contributed by atoms with E-state index in [1.54, 1.807) is 11.8 Å². The van der Waals surface area contributed by atoms with Gasteiger partial charge in [0.25, 0.3) is 5.01 Å². The highest BCUT2D eigenvalue weighted by atomic mass is 32.2. The summed E-state index contributed by atoms with van der Waals surface area (Å²) in [4.78, 5) is 3.59. The molecule has 25 heavy (non-hydrogen) atoms. The van der Waals surface area contributed by atoms with Crippen LogP contribution in [-0.2, 0) is 7.05 Å². The highest BCUT2D eigenvalue weighted by Crippen LogP contribution is 2.49. The minimum Gasteiger partial charge on any atom is -0.335 e. The van der Waals surface area contributed by atoms with Crippen molar-refractivity contribution in [1.82, 2.24) is 9.59 Å². The molecule has 5 rings (SSSR count). The van der Waals surface area contributed by atoms with Crippen LogP contribution in [0.4, 0.5) is 5.69 Å². The number of thiazole rings is 1. The number of hydrogen-bond donors (Lipinski definition) is 0. The van der Waals surface area contributed by atoms with Crippen molar-refractivity contribution in [2.24, 2.45) is 7.05 Å². The van der Waals surface area contributed by atoms with Crippen molar-refractivity contribution in [2.75, 3.05) is 11.4 Å². The molecule has 0 unspecified atom stereocenters. The first-order valence-electron chi connectivity index (χ1n) is 8.06. The van der Waals surface area contributed by atoms with E-state index in [1.807, 2.05) is 11.3 Å². The Labute approximate surface area is 157 Å². The van der Waals surface area contributed by atoms with Crippen molar-refractivity contribution in [1.29, 1.82) is 0 Å². The Bertz CT molecular complexity index is 1140. The average molecular weight is 384 g/mol. The van der Waals surface area contributed by atoms with Crippen molar-refractivity contribution in [3.8, 4) is 0 Å². The van der Waals surface area contributed by atoms with Crippen LogP contribution in [0.15, 0.2) is 46.3 Å². The zero-order chi connectivity index (χ0) is 17.0. The number of thioether (sulfide) groups is 1. The zero-order valence-corrected chi connectivity index (χ0v) is 16.2. The van der Waals surface area contributed by atoms with Crippen molar-refractivity contribution in [3.63, 3.8) is 0 Å². The second-order valence-corrected chi connectivity index (χ2v) is 8.71. The molecule has 0 saturated heterocycles. The standard InChI is InChI=1S/C18H15N4S3/c1-3-22-12-8-9-14-17(19-20-25-14)18(12)24-16(22)10-15-21(2)11-6-4-5-7-13(11)23-15/h4-10H,3H2,1-2H3/q+1. The molecule has 0 radical (unpaired) electrons. The largest absolute Gasteiger partial charge is 0.335 e. The quantitative estimate of drug-likeness (QED) is 0.471. The third-order valence-electron chi connectivity index (χ3n) is 4.45. The summed E-state index contributed by atoms with van der Waals surface area (Å²) in [6.45, 7) is 3.13. The van der Waals surface area contributed by atoms with Crippen LogP contribution in [0, 0.1) is 0 Å². The highest BCUT2D eigenvalue weighted by molar-refractivity contribution is 8.04. The molecule has 1 aliphatic heterocycles. The van der Waals surface area contributed by atoms with E-state index in [0.717, 1.165) is 16.8 Å². The summed E-state index contributed by atoms with van der Waals surface area (Å²) in [5, 5.41) is 6.85. The molecule has 4 aromatic rings. The number of fused-ring (bicyclic) bond motifs is 4. The molecule has 2 aromatic heterocycles. The molecular weight excluding hydrogens is 368 g/mol. The summed E-state index contributed by atoms with van der Waals surface area (Å²) >= 11 is 5.09. The van der Waals surface area contributed by atoms with Crippen LogP contribution in [0.2, 0.25) is 0 Å². The lowest BCUT2D eigenvalue weighted by molar-refractivity contribution is -0.642. The van der Waals surface area contributed by atoms with Gasteiger partial charge < -0.3 is 4.90 Å². The predicted octanol–water partition coefficient (Wildman–Crippen LogP) is 4.66. The topological polar surface area (TPSA) is 32.9 Å². The maximum Gasteiger partial charge on any atom is 0.265 e. The number of aromatic nitrogens is 3. The lowest BCUT2D eigenvalue weighted by Crippen LogP contribution is -2.29. The Hall–Kier alpha value is -1.96. The molecule has 124 valence electrons. The Balaban J connectivity index is 1.65. The van der Waals surface area contributed by atoms with E-state index >= 15 is 0 Å². The van der Waals surface area contributed by atoms with E-state index in [0.29, 0.717) is 0 Å². The van der Waals surface area contributed by atoms with Crippen molar-refractivity contribution < 1.29 is 4.57 Å². The molecular formula is C18H15N4S3+. The first-order chi connectivity index (χ1) is 12.3. The lowest BCUT2D eigenvalue weighted by Gasteiger charge is -2.17. The van der Waals surface area contributed by atoms with Crippen LogP contribution in [0.25, 0.3) is 26.5 Å². The van der Waals surface area contributed by atoms with Gasteiger partial charge in [-0.15, -0.1) is 5.10 Å². The minimum atomic E-state index is 0.934. The number of rotatable bonds is 2. The van der Waals surface area contributed by atoms with Gasteiger partial charge in [-0.25, -0.2) is 0 Å². The van der Waals surface area contributed by atoms with Gasteiger partial charge in [-0.1, -0.05) is 39.7 Å². The molecule has 7 heteroatoms. The predicted molar refractivity (Wildman–Crippen MR) is 107 cm³/mol. The fraction of sp³-hybridized carbons (Fsp3) is 0.167. The molecule has 0 aliphatic carbocycles. The summed E-state index contributed by atoms with van der Waals surface area (Å²) in [5.41, 5.74) is 3.53. The third-order valence-corrected chi connectivity index (χ3v) is 7.46. The van der Waals surface area contributed by atoms with E-state index in [9.17, 15) is 0 Å². The maximum absolute atomic E-state index is 4.34. The molecule has 0 fully saturated rings. The van der Waals surface area contributed by atoms with Gasteiger partial charge in [-0.05, 0) is 36.7 Å². The Morgan fingerprint density at radius 3 is 2.88 bits per heavy atom. The van der Waals surface area contributed by atoms with Crippen LogP contribution in [0.1, 0.15) is 11.9 Å². The van der Waals surface area contributed by atoms with Gasteiger partial charge in [0.2, 0.25) is 5.52 Å². The van der Waals surface area contributed by atoms with Gasteiger partial charge in [0.05, 0.1) is 26.4 Å². The third kappa shape index (κ3) is 2.30. The number of para-hydroxylation sites is 1. The van der Waals surface area contributed by atoms with Crippen LogP contribution >= 0.6 is 34.6 Å². The molecule has 0 bridgehead atoms. The average Bonchev–Trinajstić information content (AvgIpc) is 3.31. The number of nitrogens with zero attached hydrogens (tertiary/aromatic N) is 4. The smallest absolute Gasteiger partial charge is 0.265 e. The number of benzene rings is 2. The Morgan fingerprint density at radius 1 is 1.16 bits per heavy atom. The van der Waals surface area contributed by atoms with E-state index in [2.05, 4.69) is 75.5 Å². The van der Waals surface area contributed by atoms with Crippen LogP contribution in [0.3, 0.4) is 0 Å². The molecule has 0 saturated carbocycles. The number of anilines is 1. The molecule has 4 nitrogen and oxygen atoms in total. The molecule has 1 aliphatic rings. The van der Waals surface area contributed by atoms with Gasteiger partial charge in [0, 0.05) is 12.6 Å². The molecule has 0 spiro atoms. The maximum atomic E-state index is 4.34. The monoisotopic (exact) mass is 383 g/mol. The molecule has 0 N–H and O–H groups in total. The number of aryl methyl sites for hydroxylation is 1. The van der Waals surface area contributed by atoms with Crippen LogP contribution in [0.5, 0.6) is 0 Å². The Morgan fingerprint density at radius 2 is 2.04 bits per heavy atom. The summed E-state index contributed by atoms with van der Waals surface area (Å²) in [5.74, 6) is 0. The van der Waals surface area contributed by atoms with Crippen LogP contribution in [-0.4, -0.2) is 16.1 Å². The van der Waals surface area contributed by atoms with Gasteiger partial charge >= 0.3 is 0 Å². The van der Waals surface area contributed by atoms with Gasteiger partial charge in [-0.3, -0.25) is 0 Å². The van der Waals surface area contributed by atoms with E-state index in [4.69, 9.17) is 0 Å². The van der Waals surface area contributed by atoms with E-state index in [1.165, 1.54) is 42.4 Å². The molecule has 0 atom stereocenters. The summed E-state index contributed by atoms with van der Waals surface area (Å²) < 4.78 is 8.85. The Kier molecular flexibility index (Phi) is 3.55. The van der Waals surface area contributed by atoms with Crippen molar-refractivity contribution in [2.45, 2.75) is 11.8 Å². The van der Waals surface area contributed by atoms with Gasteiger partial charge in [-0.2, -0.15) is 4.57 Å². The second-order valence-electron chi connectivity index (χ2n) is 5.83. The summed E-state index contributed by atoms with van der Waals surface area (Å²) in [6.07, 6.45) is 2.30. The fourth-order valence-corrected chi connectivity index (χ4v) is 6.24. The first kappa shape index (κ1) is 15.3. The SMILES string of the molecule is CCN1C(=Cc2sc3ccccc3[n+]2C)Sc2c1ccc1snnc21. The van der Waals surface area contributed by atoms with Crippen molar-refractivity contribution in [3.05, 3.63) is 46.4 Å². The number of hydrogen-bond acceptors (Lipinski definition) is 6. The van der Waals surface area contributed by atoms with Gasteiger partial charge in [0.1, 0.15) is 17.3 Å². The molecule has 3 heterocycles. The first-order valence-corrected chi connectivity index (χ1v) is 10.5. The lowest BCUT2D eigenvalue weighted by atomic mass is 10.2. The van der Waals surface area contributed by atoms with E-state index in [-0.39, 0.29) is 0 Å². The molecule has 2 aromatic carbocycles. The second kappa shape index (κ2) is 5.79. The summed E-state index contributed by atoms with van der Waals surface area (Å²) in [6, 6.07) is 12.9. The fourth-order valence-electron chi connectivity index (χ4n) is 3.19. The summed E-state index contributed by atoms with van der Waals surface area (Å²) in [7, 11) is 2.14. The normalized spacial score (nSPS) is 15.6. The minimum absolute atomic E-state index is 0.934. The van der Waals surface area contributed by atoms with E-state index < -0.39 is 0 Å². The van der Waals surface area contributed by atoms with Crippen LogP contribution < -0.4 is 9.47 Å².